The smallest absolute Gasteiger partial charge is 0.188 e. The first kappa shape index (κ1) is 12.6. The van der Waals surface area contributed by atoms with Crippen molar-refractivity contribution in [3.8, 4) is 0 Å². The molecule has 1 unspecified atom stereocenters. The standard InChI is InChI=1S/C12H23N3O2/c13-11(15-9-10-3-1-8-17-10)14-7-6-12(16)4-2-5-12/h10,16H,1-9H2,(H3,13,14,15). The number of nitrogens with one attached hydrogen (secondary N) is 1. The first-order valence-corrected chi connectivity index (χ1v) is 6.56. The zero-order chi connectivity index (χ0) is 12.1. The van der Waals surface area contributed by atoms with E-state index in [1.807, 2.05) is 0 Å². The van der Waals surface area contributed by atoms with Crippen LogP contribution in [0.3, 0.4) is 0 Å². The number of nitrogens with zero attached hydrogens (tertiary/aromatic N) is 1. The first-order chi connectivity index (χ1) is 8.18. The number of ether oxygens (including phenoxy) is 1. The summed E-state index contributed by atoms with van der Waals surface area (Å²) < 4.78 is 5.46. The Hall–Kier alpha value is -0.810. The Morgan fingerprint density at radius 3 is 2.88 bits per heavy atom. The van der Waals surface area contributed by atoms with Gasteiger partial charge in [-0.25, -0.2) is 0 Å². The second-order valence-corrected chi connectivity index (χ2v) is 5.12. The van der Waals surface area contributed by atoms with E-state index in [1.165, 1.54) is 0 Å². The van der Waals surface area contributed by atoms with Gasteiger partial charge >= 0.3 is 0 Å². The van der Waals surface area contributed by atoms with Crippen LogP contribution in [0.15, 0.2) is 4.99 Å². The largest absolute Gasteiger partial charge is 0.390 e. The van der Waals surface area contributed by atoms with Gasteiger partial charge in [0.05, 0.1) is 18.2 Å². The summed E-state index contributed by atoms with van der Waals surface area (Å²) in [6.45, 7) is 2.18. The highest BCUT2D eigenvalue weighted by Crippen LogP contribution is 2.33. The molecule has 4 N–H and O–H groups in total. The van der Waals surface area contributed by atoms with Crippen molar-refractivity contribution in [3.05, 3.63) is 0 Å². The topological polar surface area (TPSA) is 79.9 Å². The second kappa shape index (κ2) is 5.69. The minimum absolute atomic E-state index is 0.242. The molecule has 2 rings (SSSR count). The van der Waals surface area contributed by atoms with Crippen molar-refractivity contribution in [3.63, 3.8) is 0 Å². The van der Waals surface area contributed by atoms with Crippen LogP contribution in [-0.2, 0) is 4.74 Å². The molecule has 1 aliphatic carbocycles. The van der Waals surface area contributed by atoms with Crippen molar-refractivity contribution < 1.29 is 9.84 Å². The number of guanidine groups is 1. The fourth-order valence-electron chi connectivity index (χ4n) is 2.30. The molecule has 0 aromatic heterocycles. The Morgan fingerprint density at radius 2 is 2.29 bits per heavy atom. The van der Waals surface area contributed by atoms with E-state index in [9.17, 15) is 5.11 Å². The van der Waals surface area contributed by atoms with Gasteiger partial charge in [0.1, 0.15) is 0 Å². The summed E-state index contributed by atoms with van der Waals surface area (Å²) in [6.07, 6.45) is 6.17. The number of aliphatic imine (C=N–C) groups is 1. The third kappa shape index (κ3) is 3.85. The Balaban J connectivity index is 1.59. The van der Waals surface area contributed by atoms with E-state index in [4.69, 9.17) is 10.5 Å². The molecule has 0 aromatic rings. The molecule has 0 radical (unpaired) electrons. The molecule has 1 saturated heterocycles. The Labute approximate surface area is 102 Å². The van der Waals surface area contributed by atoms with E-state index < -0.39 is 5.60 Å². The lowest BCUT2D eigenvalue weighted by atomic mass is 9.78. The molecule has 1 heterocycles. The van der Waals surface area contributed by atoms with Crippen molar-refractivity contribution in [1.29, 1.82) is 0 Å². The van der Waals surface area contributed by atoms with Crippen LogP contribution in [0.1, 0.15) is 38.5 Å². The molecule has 17 heavy (non-hydrogen) atoms. The summed E-state index contributed by atoms with van der Waals surface area (Å²) in [7, 11) is 0. The molecular weight excluding hydrogens is 218 g/mol. The van der Waals surface area contributed by atoms with Crippen LogP contribution in [0, 0.1) is 0 Å². The maximum absolute atomic E-state index is 9.88. The highest BCUT2D eigenvalue weighted by molar-refractivity contribution is 5.77. The van der Waals surface area contributed by atoms with Crippen molar-refractivity contribution in [2.45, 2.75) is 50.2 Å². The predicted octanol–water partition coefficient (Wildman–Crippen LogP) is 0.375. The molecule has 0 bridgehead atoms. The maximum Gasteiger partial charge on any atom is 0.188 e. The summed E-state index contributed by atoms with van der Waals surface area (Å²) in [4.78, 5) is 4.25. The van der Waals surface area contributed by atoms with Gasteiger partial charge in [0.2, 0.25) is 0 Å². The van der Waals surface area contributed by atoms with Crippen LogP contribution in [0.2, 0.25) is 0 Å². The van der Waals surface area contributed by atoms with Gasteiger partial charge in [0.25, 0.3) is 0 Å². The molecule has 2 aliphatic rings. The van der Waals surface area contributed by atoms with E-state index >= 15 is 0 Å². The van der Waals surface area contributed by atoms with Gasteiger partial charge in [0.15, 0.2) is 5.96 Å². The normalized spacial score (nSPS) is 27.8. The van der Waals surface area contributed by atoms with Crippen LogP contribution < -0.4 is 11.1 Å². The summed E-state index contributed by atoms with van der Waals surface area (Å²) in [5.41, 5.74) is 5.30. The van der Waals surface area contributed by atoms with Gasteiger partial charge in [-0.15, -0.1) is 0 Å². The lowest BCUT2D eigenvalue weighted by molar-refractivity contribution is -0.0386. The van der Waals surface area contributed by atoms with Gasteiger partial charge in [-0.3, -0.25) is 4.99 Å². The van der Waals surface area contributed by atoms with E-state index in [2.05, 4.69) is 10.3 Å². The third-order valence-corrected chi connectivity index (χ3v) is 3.67. The van der Waals surface area contributed by atoms with Gasteiger partial charge in [-0.1, -0.05) is 0 Å². The van der Waals surface area contributed by atoms with Crippen LogP contribution >= 0.6 is 0 Å². The number of hydrogen-bond donors (Lipinski definition) is 3. The summed E-state index contributed by atoms with van der Waals surface area (Å²) in [5, 5.41) is 12.9. The Bertz CT molecular complexity index is 271. The average Bonchev–Trinajstić information content (AvgIpc) is 2.77. The Morgan fingerprint density at radius 1 is 1.47 bits per heavy atom. The lowest BCUT2D eigenvalue weighted by Gasteiger charge is -2.36. The number of hydrogen-bond acceptors (Lipinski definition) is 3. The van der Waals surface area contributed by atoms with E-state index in [0.29, 0.717) is 19.0 Å². The highest BCUT2D eigenvalue weighted by atomic mass is 16.5. The molecule has 5 nitrogen and oxygen atoms in total. The quantitative estimate of drug-likeness (QED) is 0.480. The van der Waals surface area contributed by atoms with Gasteiger partial charge in [-0.2, -0.15) is 0 Å². The zero-order valence-corrected chi connectivity index (χ0v) is 10.3. The van der Waals surface area contributed by atoms with E-state index in [-0.39, 0.29) is 6.10 Å². The summed E-state index contributed by atoms with van der Waals surface area (Å²) in [5.74, 6) is 0.462. The van der Waals surface area contributed by atoms with Gasteiger partial charge in [-0.05, 0) is 38.5 Å². The number of rotatable bonds is 5. The van der Waals surface area contributed by atoms with Crippen molar-refractivity contribution in [2.75, 3.05) is 19.7 Å². The van der Waals surface area contributed by atoms with E-state index in [0.717, 1.165) is 45.1 Å². The van der Waals surface area contributed by atoms with Crippen LogP contribution in [0.5, 0.6) is 0 Å². The molecule has 1 aliphatic heterocycles. The summed E-state index contributed by atoms with van der Waals surface area (Å²) >= 11 is 0. The SMILES string of the molecule is NC(=NCC1CCCO1)NCCC1(O)CCC1. The Kier molecular flexibility index (Phi) is 4.23. The predicted molar refractivity (Wildman–Crippen MR) is 66.9 cm³/mol. The molecule has 5 heteroatoms. The molecule has 0 amide bonds. The lowest BCUT2D eigenvalue weighted by Crippen LogP contribution is -2.42. The molecule has 1 saturated carbocycles. The van der Waals surface area contributed by atoms with Crippen molar-refractivity contribution in [2.24, 2.45) is 10.7 Å². The van der Waals surface area contributed by atoms with Gasteiger partial charge in [0, 0.05) is 13.2 Å². The molecule has 1 atom stereocenters. The highest BCUT2D eigenvalue weighted by Gasteiger charge is 2.33. The first-order valence-electron chi connectivity index (χ1n) is 6.56. The van der Waals surface area contributed by atoms with Crippen molar-refractivity contribution in [1.82, 2.24) is 5.32 Å². The maximum atomic E-state index is 9.88. The minimum atomic E-state index is -0.443. The van der Waals surface area contributed by atoms with Gasteiger partial charge < -0.3 is 20.9 Å². The molecule has 2 fully saturated rings. The second-order valence-electron chi connectivity index (χ2n) is 5.12. The molecular formula is C12H23N3O2. The summed E-state index contributed by atoms with van der Waals surface area (Å²) in [6, 6.07) is 0. The third-order valence-electron chi connectivity index (χ3n) is 3.67. The van der Waals surface area contributed by atoms with Crippen LogP contribution in [0.4, 0.5) is 0 Å². The molecule has 98 valence electrons. The van der Waals surface area contributed by atoms with Crippen LogP contribution in [-0.4, -0.2) is 42.5 Å². The number of nitrogens with two attached hydrogens (primary N) is 1. The average molecular weight is 241 g/mol. The van der Waals surface area contributed by atoms with E-state index in [1.54, 1.807) is 0 Å². The fraction of sp³-hybridized carbons (Fsp3) is 0.917. The molecule has 0 aromatic carbocycles. The number of aliphatic hydroxyl groups is 1. The molecule has 0 spiro atoms. The fourth-order valence-corrected chi connectivity index (χ4v) is 2.30. The monoisotopic (exact) mass is 241 g/mol. The van der Waals surface area contributed by atoms with Crippen LogP contribution in [0.25, 0.3) is 0 Å². The van der Waals surface area contributed by atoms with Crippen molar-refractivity contribution >= 4 is 5.96 Å². The minimum Gasteiger partial charge on any atom is -0.390 e. The zero-order valence-electron chi connectivity index (χ0n) is 10.3.